The van der Waals surface area contributed by atoms with Crippen LogP contribution in [0.5, 0.6) is 0 Å². The number of nitrogens with two attached hydrogens (primary N) is 1. The lowest BCUT2D eigenvalue weighted by Gasteiger charge is -2.17. The van der Waals surface area contributed by atoms with Crippen LogP contribution in [0.3, 0.4) is 0 Å². The summed E-state index contributed by atoms with van der Waals surface area (Å²) in [5.41, 5.74) is 10.2. The molecular formula is C15H19N3. The average molecular weight is 241 g/mol. The van der Waals surface area contributed by atoms with E-state index in [9.17, 15) is 0 Å². The van der Waals surface area contributed by atoms with Crippen molar-refractivity contribution in [3.8, 4) is 0 Å². The maximum atomic E-state index is 5.90. The molecule has 0 spiro atoms. The van der Waals surface area contributed by atoms with Gasteiger partial charge >= 0.3 is 0 Å². The highest BCUT2D eigenvalue weighted by Crippen LogP contribution is 2.12. The van der Waals surface area contributed by atoms with Crippen LogP contribution in [-0.2, 0) is 13.1 Å². The van der Waals surface area contributed by atoms with Crippen LogP contribution in [0.15, 0.2) is 42.6 Å². The standard InChI is InChI=1S/C15H19N3/c1-12-5-3-6-13(9-12)10-18(2)11-15-14(16)7-4-8-17-15/h3-9H,10-11,16H2,1-2H3. The van der Waals surface area contributed by atoms with Crippen LogP contribution < -0.4 is 5.73 Å². The highest BCUT2D eigenvalue weighted by Gasteiger charge is 2.05. The SMILES string of the molecule is Cc1cccc(CN(C)Cc2ncccc2N)c1. The lowest BCUT2D eigenvalue weighted by Crippen LogP contribution is -2.18. The predicted molar refractivity (Wildman–Crippen MR) is 75.0 cm³/mol. The van der Waals surface area contributed by atoms with Crippen molar-refractivity contribution in [2.24, 2.45) is 0 Å². The Labute approximate surface area is 108 Å². The molecule has 0 unspecified atom stereocenters. The zero-order valence-electron chi connectivity index (χ0n) is 10.9. The first-order valence-electron chi connectivity index (χ1n) is 6.08. The van der Waals surface area contributed by atoms with Crippen LogP contribution in [-0.4, -0.2) is 16.9 Å². The zero-order valence-corrected chi connectivity index (χ0v) is 10.9. The smallest absolute Gasteiger partial charge is 0.0772 e. The molecule has 0 atom stereocenters. The van der Waals surface area contributed by atoms with Crippen molar-refractivity contribution in [2.45, 2.75) is 20.0 Å². The minimum atomic E-state index is 0.758. The molecule has 0 radical (unpaired) electrons. The van der Waals surface area contributed by atoms with Gasteiger partial charge in [-0.15, -0.1) is 0 Å². The van der Waals surface area contributed by atoms with Gasteiger partial charge in [-0.05, 0) is 31.7 Å². The molecule has 0 bridgehead atoms. The van der Waals surface area contributed by atoms with Gasteiger partial charge in [0.1, 0.15) is 0 Å². The highest BCUT2D eigenvalue weighted by molar-refractivity contribution is 5.41. The Hall–Kier alpha value is -1.87. The van der Waals surface area contributed by atoms with E-state index in [0.717, 1.165) is 24.5 Å². The number of anilines is 1. The Balaban J connectivity index is 2.01. The van der Waals surface area contributed by atoms with Gasteiger partial charge in [-0.2, -0.15) is 0 Å². The minimum absolute atomic E-state index is 0.758. The van der Waals surface area contributed by atoms with Gasteiger partial charge in [-0.25, -0.2) is 0 Å². The Kier molecular flexibility index (Phi) is 3.95. The second kappa shape index (κ2) is 5.65. The highest BCUT2D eigenvalue weighted by atomic mass is 15.1. The third kappa shape index (κ3) is 3.31. The van der Waals surface area contributed by atoms with Gasteiger partial charge in [0.15, 0.2) is 0 Å². The number of nitrogen functional groups attached to an aromatic ring is 1. The Morgan fingerprint density at radius 1 is 1.17 bits per heavy atom. The van der Waals surface area contributed by atoms with E-state index in [2.05, 4.69) is 48.1 Å². The van der Waals surface area contributed by atoms with Gasteiger partial charge in [0.25, 0.3) is 0 Å². The third-order valence-corrected chi connectivity index (χ3v) is 2.88. The third-order valence-electron chi connectivity index (χ3n) is 2.88. The molecule has 2 aromatic rings. The van der Waals surface area contributed by atoms with E-state index in [4.69, 9.17) is 5.73 Å². The first-order chi connectivity index (χ1) is 8.65. The fourth-order valence-electron chi connectivity index (χ4n) is 2.02. The summed E-state index contributed by atoms with van der Waals surface area (Å²) < 4.78 is 0. The number of rotatable bonds is 4. The van der Waals surface area contributed by atoms with Crippen LogP contribution >= 0.6 is 0 Å². The summed E-state index contributed by atoms with van der Waals surface area (Å²) in [5.74, 6) is 0. The van der Waals surface area contributed by atoms with Gasteiger partial charge in [0.2, 0.25) is 0 Å². The second-order valence-corrected chi connectivity index (χ2v) is 4.70. The molecule has 1 heterocycles. The van der Waals surface area contributed by atoms with Gasteiger partial charge < -0.3 is 5.73 Å². The van der Waals surface area contributed by atoms with E-state index in [1.807, 2.05) is 12.1 Å². The lowest BCUT2D eigenvalue weighted by molar-refractivity contribution is 0.315. The van der Waals surface area contributed by atoms with Gasteiger partial charge in [-0.1, -0.05) is 29.8 Å². The Bertz CT molecular complexity index is 523. The van der Waals surface area contributed by atoms with E-state index >= 15 is 0 Å². The summed E-state index contributed by atoms with van der Waals surface area (Å²) in [4.78, 5) is 6.53. The second-order valence-electron chi connectivity index (χ2n) is 4.70. The number of nitrogens with zero attached hydrogens (tertiary/aromatic N) is 2. The Morgan fingerprint density at radius 2 is 2.00 bits per heavy atom. The summed E-state index contributed by atoms with van der Waals surface area (Å²) in [5, 5.41) is 0. The quantitative estimate of drug-likeness (QED) is 0.894. The maximum absolute atomic E-state index is 5.90. The van der Waals surface area contributed by atoms with E-state index in [1.165, 1.54) is 11.1 Å². The van der Waals surface area contributed by atoms with Crippen LogP contribution in [0.2, 0.25) is 0 Å². The van der Waals surface area contributed by atoms with Gasteiger partial charge in [-0.3, -0.25) is 9.88 Å². The van der Waals surface area contributed by atoms with Crippen LogP contribution in [0.1, 0.15) is 16.8 Å². The monoisotopic (exact) mass is 241 g/mol. The molecule has 94 valence electrons. The normalized spacial score (nSPS) is 10.8. The molecule has 0 aliphatic carbocycles. The van der Waals surface area contributed by atoms with Crippen molar-refractivity contribution in [1.29, 1.82) is 0 Å². The molecule has 0 amide bonds. The number of aromatic nitrogens is 1. The number of hydrogen-bond acceptors (Lipinski definition) is 3. The van der Waals surface area contributed by atoms with E-state index in [1.54, 1.807) is 6.20 Å². The molecule has 1 aromatic heterocycles. The number of aryl methyl sites for hydroxylation is 1. The first-order valence-corrected chi connectivity index (χ1v) is 6.08. The summed E-state index contributed by atoms with van der Waals surface area (Å²) in [7, 11) is 2.08. The van der Waals surface area contributed by atoms with Crippen molar-refractivity contribution in [1.82, 2.24) is 9.88 Å². The van der Waals surface area contributed by atoms with Crippen molar-refractivity contribution in [3.63, 3.8) is 0 Å². The van der Waals surface area contributed by atoms with E-state index < -0.39 is 0 Å². The minimum Gasteiger partial charge on any atom is -0.397 e. The van der Waals surface area contributed by atoms with E-state index in [0.29, 0.717) is 0 Å². The molecule has 3 heteroatoms. The molecule has 0 aliphatic heterocycles. The molecular weight excluding hydrogens is 222 g/mol. The molecule has 1 aromatic carbocycles. The van der Waals surface area contributed by atoms with Crippen molar-refractivity contribution < 1.29 is 0 Å². The number of pyridine rings is 1. The van der Waals surface area contributed by atoms with Crippen molar-refractivity contribution >= 4 is 5.69 Å². The maximum Gasteiger partial charge on any atom is 0.0772 e. The molecule has 0 saturated carbocycles. The fourth-order valence-corrected chi connectivity index (χ4v) is 2.02. The summed E-state index contributed by atoms with van der Waals surface area (Å²) in [6.45, 7) is 3.78. The average Bonchev–Trinajstić information content (AvgIpc) is 2.32. The van der Waals surface area contributed by atoms with Gasteiger partial charge in [0.05, 0.1) is 11.4 Å². The van der Waals surface area contributed by atoms with Crippen LogP contribution in [0.25, 0.3) is 0 Å². The van der Waals surface area contributed by atoms with Crippen molar-refractivity contribution in [2.75, 3.05) is 12.8 Å². The molecule has 0 aliphatic rings. The molecule has 3 nitrogen and oxygen atoms in total. The van der Waals surface area contributed by atoms with Gasteiger partial charge in [0, 0.05) is 19.3 Å². The van der Waals surface area contributed by atoms with E-state index in [-0.39, 0.29) is 0 Å². The summed E-state index contributed by atoms with van der Waals surface area (Å²) >= 11 is 0. The molecule has 2 N–H and O–H groups in total. The molecule has 0 fully saturated rings. The lowest BCUT2D eigenvalue weighted by atomic mass is 10.1. The van der Waals surface area contributed by atoms with Crippen LogP contribution in [0, 0.1) is 6.92 Å². The largest absolute Gasteiger partial charge is 0.397 e. The van der Waals surface area contributed by atoms with Crippen molar-refractivity contribution in [3.05, 3.63) is 59.4 Å². The zero-order chi connectivity index (χ0) is 13.0. The number of benzene rings is 1. The fraction of sp³-hybridized carbons (Fsp3) is 0.267. The van der Waals surface area contributed by atoms with Crippen LogP contribution in [0.4, 0.5) is 5.69 Å². The number of hydrogen-bond donors (Lipinski definition) is 1. The Morgan fingerprint density at radius 3 is 2.72 bits per heavy atom. The summed E-state index contributed by atoms with van der Waals surface area (Å²) in [6, 6.07) is 12.3. The first kappa shape index (κ1) is 12.6. The molecule has 0 saturated heterocycles. The molecule has 18 heavy (non-hydrogen) atoms. The predicted octanol–water partition coefficient (Wildman–Crippen LogP) is 2.60. The topological polar surface area (TPSA) is 42.2 Å². The molecule has 2 rings (SSSR count). The summed E-state index contributed by atoms with van der Waals surface area (Å²) in [6.07, 6.45) is 1.78.